The van der Waals surface area contributed by atoms with E-state index in [2.05, 4.69) is 69.8 Å². The molecule has 1 aromatic rings. The van der Waals surface area contributed by atoms with Crippen LogP contribution < -0.4 is 0 Å². The van der Waals surface area contributed by atoms with Crippen molar-refractivity contribution in [2.24, 2.45) is 11.8 Å². The van der Waals surface area contributed by atoms with Gasteiger partial charge in [0.15, 0.2) is 0 Å². The lowest BCUT2D eigenvalue weighted by molar-refractivity contribution is -0.121. The van der Waals surface area contributed by atoms with E-state index >= 15 is 0 Å². The molecule has 0 amide bonds. The number of hydrogen-bond donors (Lipinski definition) is 0. The van der Waals surface area contributed by atoms with Crippen LogP contribution >= 0.6 is 0 Å². The average molecular weight is 308 g/mol. The summed E-state index contributed by atoms with van der Waals surface area (Å²) in [6, 6.07) is 8.77. The van der Waals surface area contributed by atoms with Crippen LogP contribution in [-0.4, -0.2) is 5.78 Å². The normalized spacial score (nSPS) is 23.1. The Kier molecular flexibility index (Phi) is 5.09. The second kappa shape index (κ2) is 6.70. The summed E-state index contributed by atoms with van der Waals surface area (Å²) in [5, 5.41) is 0. The van der Waals surface area contributed by atoms with E-state index in [0.29, 0.717) is 0 Å². The highest BCUT2D eigenvalue weighted by Gasteiger charge is 2.27. The quantitative estimate of drug-likeness (QED) is 0.696. The van der Waals surface area contributed by atoms with Gasteiger partial charge < -0.3 is 0 Å². The van der Waals surface area contributed by atoms with Gasteiger partial charge in [-0.15, -0.1) is 0 Å². The van der Waals surface area contributed by atoms with Crippen LogP contribution in [0, 0.1) is 18.8 Å². The monoisotopic (exact) mass is 308 g/mol. The lowest BCUT2D eigenvalue weighted by Gasteiger charge is -2.30. The molecular weight excluding hydrogens is 280 g/mol. The van der Waals surface area contributed by atoms with Crippen LogP contribution in [0.15, 0.2) is 60.2 Å². The Morgan fingerprint density at radius 1 is 1.17 bits per heavy atom. The van der Waals surface area contributed by atoms with E-state index in [9.17, 15) is 4.79 Å². The van der Waals surface area contributed by atoms with E-state index in [-0.39, 0.29) is 23.0 Å². The molecule has 122 valence electrons. The molecule has 0 aliphatic heterocycles. The molecule has 1 aliphatic carbocycles. The van der Waals surface area contributed by atoms with Gasteiger partial charge in [-0.3, -0.25) is 4.79 Å². The fraction of sp³-hybridized carbons (Fsp3) is 0.409. The number of allylic oxidation sites excluding steroid dienone is 5. The molecular formula is C22H28O. The Morgan fingerprint density at radius 3 is 2.26 bits per heavy atom. The number of rotatable bonds is 5. The minimum Gasteiger partial charge on any atom is -0.300 e. The highest BCUT2D eigenvalue weighted by molar-refractivity contribution is 5.78. The lowest BCUT2D eigenvalue weighted by atomic mass is 9.73. The van der Waals surface area contributed by atoms with Gasteiger partial charge in [0.05, 0.1) is 0 Å². The van der Waals surface area contributed by atoms with E-state index in [1.165, 1.54) is 16.7 Å². The minimum absolute atomic E-state index is 0.0159. The largest absolute Gasteiger partial charge is 0.300 e. The molecule has 3 atom stereocenters. The van der Waals surface area contributed by atoms with Gasteiger partial charge in [-0.1, -0.05) is 75.4 Å². The van der Waals surface area contributed by atoms with Gasteiger partial charge >= 0.3 is 0 Å². The van der Waals surface area contributed by atoms with Gasteiger partial charge in [0.25, 0.3) is 0 Å². The zero-order valence-electron chi connectivity index (χ0n) is 15.0. The zero-order chi connectivity index (χ0) is 17.2. The maximum atomic E-state index is 11.6. The summed E-state index contributed by atoms with van der Waals surface area (Å²) in [5.41, 5.74) is 4.90. The Morgan fingerprint density at radius 2 is 1.78 bits per heavy atom. The number of aryl methyl sites for hydroxylation is 1. The summed E-state index contributed by atoms with van der Waals surface area (Å²) in [6.07, 6.45) is 7.69. The van der Waals surface area contributed by atoms with Crippen LogP contribution in [0.4, 0.5) is 0 Å². The SMILES string of the molecule is C=C(C1=CCC(C)(c2ccc(C)cc2)C=C1)C(C)C(C)C(C)=O. The Bertz CT molecular complexity index is 660. The standard InChI is InChI=1S/C22H28O/c1-15-7-9-21(10-8-15)22(6)13-11-20(12-14-22)18(4)16(2)17(3)19(5)23/h7-13,16-17H,4,14H2,1-3,5-6H3. The molecule has 3 unspecified atom stereocenters. The van der Waals surface area contributed by atoms with E-state index in [4.69, 9.17) is 0 Å². The molecule has 1 aromatic carbocycles. The molecule has 1 nitrogen and oxygen atoms in total. The number of carbonyl (C=O) groups is 1. The molecule has 0 aromatic heterocycles. The van der Waals surface area contributed by atoms with Gasteiger partial charge in [0, 0.05) is 11.3 Å². The summed E-state index contributed by atoms with van der Waals surface area (Å²) in [5.74, 6) is 0.415. The minimum atomic E-state index is 0.0159. The highest BCUT2D eigenvalue weighted by Crippen LogP contribution is 2.37. The Hall–Kier alpha value is -1.89. The van der Waals surface area contributed by atoms with Crippen molar-refractivity contribution in [3.63, 3.8) is 0 Å². The average Bonchev–Trinajstić information content (AvgIpc) is 2.54. The lowest BCUT2D eigenvalue weighted by Crippen LogP contribution is -2.22. The number of hydrogen-bond acceptors (Lipinski definition) is 1. The van der Waals surface area contributed by atoms with Crippen molar-refractivity contribution in [2.45, 2.75) is 46.5 Å². The summed E-state index contributed by atoms with van der Waals surface area (Å²) in [7, 11) is 0. The van der Waals surface area contributed by atoms with Crippen molar-refractivity contribution in [3.05, 3.63) is 71.3 Å². The molecule has 1 heteroatoms. The van der Waals surface area contributed by atoms with Crippen molar-refractivity contribution in [1.82, 2.24) is 0 Å². The molecule has 0 spiro atoms. The third-order valence-corrected chi connectivity index (χ3v) is 5.40. The predicted octanol–water partition coefficient (Wildman–Crippen LogP) is 5.56. The van der Waals surface area contributed by atoms with Crippen LogP contribution in [0.5, 0.6) is 0 Å². The first kappa shape index (κ1) is 17.5. The van der Waals surface area contributed by atoms with Gasteiger partial charge in [-0.05, 0) is 42.9 Å². The van der Waals surface area contributed by atoms with Crippen LogP contribution in [-0.2, 0) is 10.2 Å². The molecule has 2 rings (SSSR count). The topological polar surface area (TPSA) is 17.1 Å². The number of carbonyl (C=O) groups excluding carboxylic acids is 1. The molecule has 0 N–H and O–H groups in total. The van der Waals surface area contributed by atoms with Crippen LogP contribution in [0.3, 0.4) is 0 Å². The van der Waals surface area contributed by atoms with Crippen molar-refractivity contribution >= 4 is 5.78 Å². The molecule has 23 heavy (non-hydrogen) atoms. The van der Waals surface area contributed by atoms with E-state index in [1.807, 2.05) is 6.92 Å². The first-order chi connectivity index (χ1) is 10.7. The fourth-order valence-electron chi connectivity index (χ4n) is 3.04. The van der Waals surface area contributed by atoms with Crippen LogP contribution in [0.2, 0.25) is 0 Å². The number of Topliss-reactive ketones (excluding diaryl/α,β-unsaturated/α-hetero) is 1. The van der Waals surface area contributed by atoms with Gasteiger partial charge in [0.1, 0.15) is 5.78 Å². The maximum absolute atomic E-state index is 11.6. The molecule has 0 saturated carbocycles. The first-order valence-corrected chi connectivity index (χ1v) is 8.41. The summed E-state index contributed by atoms with van der Waals surface area (Å²) in [6.45, 7) is 14.4. The second-order valence-electron chi connectivity index (χ2n) is 7.19. The maximum Gasteiger partial charge on any atom is 0.133 e. The molecule has 0 radical (unpaired) electrons. The van der Waals surface area contributed by atoms with Gasteiger partial charge in [-0.25, -0.2) is 0 Å². The summed E-state index contributed by atoms with van der Waals surface area (Å²) < 4.78 is 0. The zero-order valence-corrected chi connectivity index (χ0v) is 15.0. The third kappa shape index (κ3) is 3.72. The van der Waals surface area contributed by atoms with Crippen molar-refractivity contribution in [1.29, 1.82) is 0 Å². The molecule has 1 aliphatic rings. The Balaban J connectivity index is 2.15. The smallest absolute Gasteiger partial charge is 0.133 e. The molecule has 0 fully saturated rings. The van der Waals surface area contributed by atoms with Crippen LogP contribution in [0.1, 0.15) is 45.2 Å². The van der Waals surface area contributed by atoms with E-state index in [0.717, 1.165) is 12.0 Å². The number of ketones is 1. The summed E-state index contributed by atoms with van der Waals surface area (Å²) in [4.78, 5) is 11.6. The molecule has 0 bridgehead atoms. The fourth-order valence-corrected chi connectivity index (χ4v) is 3.04. The van der Waals surface area contributed by atoms with E-state index in [1.54, 1.807) is 6.92 Å². The number of benzene rings is 1. The molecule has 0 heterocycles. The highest BCUT2D eigenvalue weighted by atomic mass is 16.1. The Labute approximate surface area is 140 Å². The third-order valence-electron chi connectivity index (χ3n) is 5.40. The van der Waals surface area contributed by atoms with Gasteiger partial charge in [-0.2, -0.15) is 0 Å². The van der Waals surface area contributed by atoms with Gasteiger partial charge in [0.2, 0.25) is 0 Å². The first-order valence-electron chi connectivity index (χ1n) is 8.41. The molecule has 0 saturated heterocycles. The van der Waals surface area contributed by atoms with Crippen molar-refractivity contribution in [2.75, 3.05) is 0 Å². The van der Waals surface area contributed by atoms with Crippen LogP contribution in [0.25, 0.3) is 0 Å². The van der Waals surface area contributed by atoms with Crippen molar-refractivity contribution < 1.29 is 4.79 Å². The van der Waals surface area contributed by atoms with E-state index < -0.39 is 0 Å². The summed E-state index contributed by atoms with van der Waals surface area (Å²) >= 11 is 0. The predicted molar refractivity (Wildman–Crippen MR) is 98.5 cm³/mol. The second-order valence-corrected chi connectivity index (χ2v) is 7.19. The van der Waals surface area contributed by atoms with Crippen molar-refractivity contribution in [3.8, 4) is 0 Å².